The molecule has 0 fully saturated rings. The molecule has 9 heteroatoms. The first-order chi connectivity index (χ1) is 13.7. The Morgan fingerprint density at radius 1 is 1.24 bits per heavy atom. The molecule has 1 aromatic carbocycles. The van der Waals surface area contributed by atoms with Crippen molar-refractivity contribution in [3.8, 4) is 10.4 Å². The van der Waals surface area contributed by atoms with Crippen LogP contribution >= 0.6 is 23.7 Å². The van der Waals surface area contributed by atoms with Gasteiger partial charge in [0.25, 0.3) is 0 Å². The molecule has 3 aromatic heterocycles. The summed E-state index contributed by atoms with van der Waals surface area (Å²) >= 11 is 1.63. The summed E-state index contributed by atoms with van der Waals surface area (Å²) in [6.07, 6.45) is 5.53. The fourth-order valence-electron chi connectivity index (χ4n) is 3.04. The number of hydrogen-bond acceptors (Lipinski definition) is 5. The quantitative estimate of drug-likeness (QED) is 0.506. The van der Waals surface area contributed by atoms with E-state index in [1.807, 2.05) is 30.5 Å². The first-order valence-corrected chi connectivity index (χ1v) is 9.53. The summed E-state index contributed by atoms with van der Waals surface area (Å²) in [6, 6.07) is 12.2. The van der Waals surface area contributed by atoms with Gasteiger partial charge in [0.05, 0.1) is 19.4 Å². The van der Waals surface area contributed by atoms with Gasteiger partial charge in [0.15, 0.2) is 0 Å². The third-order valence-corrected chi connectivity index (χ3v) is 5.60. The largest absolute Gasteiger partial charge is 0.346 e. The van der Waals surface area contributed by atoms with Crippen LogP contribution in [-0.2, 0) is 13.1 Å². The van der Waals surface area contributed by atoms with Crippen LogP contribution in [0.15, 0.2) is 71.8 Å². The van der Waals surface area contributed by atoms with Gasteiger partial charge in [0.2, 0.25) is 0 Å². The highest BCUT2D eigenvalue weighted by atomic mass is 35.5. The van der Waals surface area contributed by atoms with Crippen LogP contribution in [0.3, 0.4) is 0 Å². The third kappa shape index (κ3) is 4.29. The minimum absolute atomic E-state index is 0. The van der Waals surface area contributed by atoms with Crippen molar-refractivity contribution in [2.24, 2.45) is 5.73 Å². The second-order valence-electron chi connectivity index (χ2n) is 6.34. The molecule has 0 radical (unpaired) electrons. The zero-order valence-corrected chi connectivity index (χ0v) is 17.0. The number of halogens is 2. The van der Waals surface area contributed by atoms with Crippen LogP contribution in [0.5, 0.6) is 0 Å². The maximum absolute atomic E-state index is 12.7. The molecule has 0 atom stereocenters. The molecule has 150 valence electrons. The summed E-state index contributed by atoms with van der Waals surface area (Å²) in [5.41, 5.74) is 6.61. The molecule has 6 nitrogen and oxygen atoms in total. The van der Waals surface area contributed by atoms with Gasteiger partial charge in [-0.15, -0.1) is 23.7 Å². The van der Waals surface area contributed by atoms with E-state index in [4.69, 9.17) is 5.73 Å². The van der Waals surface area contributed by atoms with Crippen molar-refractivity contribution < 1.29 is 4.39 Å². The van der Waals surface area contributed by atoms with Crippen molar-refractivity contribution in [3.05, 3.63) is 82.4 Å². The average molecular weight is 432 g/mol. The third-order valence-electron chi connectivity index (χ3n) is 4.50. The van der Waals surface area contributed by atoms with Crippen LogP contribution in [0.4, 0.5) is 4.39 Å². The van der Waals surface area contributed by atoms with Gasteiger partial charge in [-0.2, -0.15) is 5.10 Å². The first-order valence-electron chi connectivity index (χ1n) is 8.72. The van der Waals surface area contributed by atoms with Crippen molar-refractivity contribution in [3.63, 3.8) is 0 Å². The maximum Gasteiger partial charge on any atom is 0.346 e. The summed E-state index contributed by atoms with van der Waals surface area (Å²) < 4.78 is 15.4. The number of nitrogens with zero attached hydrogens (tertiary/aromatic N) is 4. The summed E-state index contributed by atoms with van der Waals surface area (Å²) in [5, 5.41) is 6.28. The molecule has 0 aliphatic rings. The lowest BCUT2D eigenvalue weighted by molar-refractivity contribution is 0.604. The highest BCUT2D eigenvalue weighted by Gasteiger charge is 2.11. The Kier molecular flexibility index (Phi) is 6.58. The smallest absolute Gasteiger partial charge is 0.327 e. The molecule has 29 heavy (non-hydrogen) atoms. The minimum atomic E-state index is -0.293. The first kappa shape index (κ1) is 20.9. The molecular weight excluding hydrogens is 413 g/mol. The number of nitrogens with two attached hydrogens (primary N) is 1. The van der Waals surface area contributed by atoms with Crippen LogP contribution in [-0.4, -0.2) is 25.9 Å². The number of pyridine rings is 1. The van der Waals surface area contributed by atoms with Crippen LogP contribution in [0.2, 0.25) is 0 Å². The predicted octanol–water partition coefficient (Wildman–Crippen LogP) is 3.60. The fourth-order valence-corrected chi connectivity index (χ4v) is 4.08. The highest BCUT2D eigenvalue weighted by Crippen LogP contribution is 2.33. The number of aromatic nitrogens is 4. The van der Waals surface area contributed by atoms with Crippen molar-refractivity contribution in [1.82, 2.24) is 19.3 Å². The Balaban J connectivity index is 0.00000240. The zero-order chi connectivity index (χ0) is 19.5. The zero-order valence-electron chi connectivity index (χ0n) is 15.4. The lowest BCUT2D eigenvalue weighted by Gasteiger charge is -2.03. The molecule has 0 amide bonds. The molecule has 3 heterocycles. The van der Waals surface area contributed by atoms with E-state index in [0.29, 0.717) is 18.4 Å². The van der Waals surface area contributed by atoms with E-state index in [9.17, 15) is 9.18 Å². The number of thiophene rings is 1. The summed E-state index contributed by atoms with van der Waals surface area (Å²) in [6.45, 7) is 0.510. The summed E-state index contributed by atoms with van der Waals surface area (Å²) in [5.74, 6) is 0. The van der Waals surface area contributed by atoms with E-state index < -0.39 is 0 Å². The Hall–Kier alpha value is -2.81. The van der Waals surface area contributed by atoms with E-state index in [1.165, 1.54) is 15.6 Å². The van der Waals surface area contributed by atoms with Crippen LogP contribution in [0.1, 0.15) is 4.88 Å². The van der Waals surface area contributed by atoms with E-state index >= 15 is 0 Å². The second kappa shape index (κ2) is 9.13. The van der Waals surface area contributed by atoms with Gasteiger partial charge in [0, 0.05) is 34.1 Å². The van der Waals surface area contributed by atoms with E-state index in [-0.39, 0.29) is 31.2 Å². The lowest BCUT2D eigenvalue weighted by atomic mass is 10.1. The molecule has 2 N–H and O–H groups in total. The van der Waals surface area contributed by atoms with Gasteiger partial charge in [-0.3, -0.25) is 9.55 Å². The molecule has 0 saturated carbocycles. The molecule has 0 aliphatic heterocycles. The van der Waals surface area contributed by atoms with Crippen molar-refractivity contribution in [2.75, 3.05) is 6.54 Å². The van der Waals surface area contributed by atoms with Gasteiger partial charge < -0.3 is 5.73 Å². The number of benzene rings is 1. The number of fused-ring (bicyclic) bond motifs is 1. The molecule has 0 unspecified atom stereocenters. The second-order valence-corrected chi connectivity index (χ2v) is 7.51. The van der Waals surface area contributed by atoms with Crippen LogP contribution < -0.4 is 11.4 Å². The molecule has 0 saturated heterocycles. The maximum atomic E-state index is 12.7. The van der Waals surface area contributed by atoms with Crippen LogP contribution in [0.25, 0.3) is 21.2 Å². The van der Waals surface area contributed by atoms with Gasteiger partial charge in [-0.25, -0.2) is 13.9 Å². The fraction of sp³-hybridized carbons (Fsp3) is 0.150. The minimum Gasteiger partial charge on any atom is -0.327 e. The normalized spacial score (nSPS) is 11.6. The van der Waals surface area contributed by atoms with Crippen LogP contribution in [0, 0.1) is 0 Å². The predicted molar refractivity (Wildman–Crippen MR) is 116 cm³/mol. The van der Waals surface area contributed by atoms with Crippen molar-refractivity contribution >= 4 is 34.5 Å². The van der Waals surface area contributed by atoms with E-state index in [0.717, 1.165) is 26.1 Å². The van der Waals surface area contributed by atoms with Crippen molar-refractivity contribution in [2.45, 2.75) is 13.1 Å². The van der Waals surface area contributed by atoms with Gasteiger partial charge in [0.1, 0.15) is 6.33 Å². The van der Waals surface area contributed by atoms with E-state index in [2.05, 4.69) is 22.2 Å². The molecule has 0 bridgehead atoms. The molecule has 0 spiro atoms. The Morgan fingerprint density at radius 3 is 2.90 bits per heavy atom. The van der Waals surface area contributed by atoms with E-state index in [1.54, 1.807) is 17.5 Å². The summed E-state index contributed by atoms with van der Waals surface area (Å²) in [4.78, 5) is 18.8. The topological polar surface area (TPSA) is 78.7 Å². The molecule has 4 rings (SSSR count). The molecule has 4 aromatic rings. The standard InChI is InChI=1S/C20H18FN5OS.ClH/c21-8-14(9-22)11-26-20(27)25(13-24-26)12-16-4-5-19(28-16)18-3-1-2-15-10-23-7-6-17(15)18;/h1-8,10,13H,9,11-12,22H2;1H/b14-8+;. The van der Waals surface area contributed by atoms with Gasteiger partial charge in [-0.05, 0) is 34.7 Å². The Morgan fingerprint density at radius 2 is 2.10 bits per heavy atom. The lowest BCUT2D eigenvalue weighted by Crippen LogP contribution is -2.26. The number of hydrogen-bond donors (Lipinski definition) is 1. The summed E-state index contributed by atoms with van der Waals surface area (Å²) in [7, 11) is 0. The monoisotopic (exact) mass is 431 g/mol. The number of rotatable bonds is 6. The van der Waals surface area contributed by atoms with Gasteiger partial charge in [-0.1, -0.05) is 18.2 Å². The van der Waals surface area contributed by atoms with Crippen molar-refractivity contribution in [1.29, 1.82) is 0 Å². The molecular formula is C20H19ClFN5OS. The Labute approximate surface area is 176 Å². The SMILES string of the molecule is Cl.NC/C(=C\F)Cn1ncn(Cc2ccc(-c3cccc4cnccc34)s2)c1=O. The highest BCUT2D eigenvalue weighted by molar-refractivity contribution is 7.15. The molecule has 0 aliphatic carbocycles. The Bertz CT molecular complexity index is 1210. The average Bonchev–Trinajstić information content (AvgIpc) is 3.33. The van der Waals surface area contributed by atoms with Gasteiger partial charge >= 0.3 is 5.69 Å².